The molecule has 0 bridgehead atoms. The van der Waals surface area contributed by atoms with E-state index < -0.39 is 4.92 Å². The molecule has 0 unspecified atom stereocenters. The zero-order valence-electron chi connectivity index (χ0n) is 10.8. The van der Waals surface area contributed by atoms with Crippen LogP contribution in [0.15, 0.2) is 53.1 Å². The van der Waals surface area contributed by atoms with E-state index in [4.69, 9.17) is 10.3 Å². The molecule has 1 aromatic heterocycles. The first-order chi connectivity index (χ1) is 10.1. The Balaban J connectivity index is 2.01. The van der Waals surface area contributed by atoms with E-state index >= 15 is 0 Å². The van der Waals surface area contributed by atoms with Crippen molar-refractivity contribution < 1.29 is 9.45 Å². The first-order valence-electron chi connectivity index (χ1n) is 6.08. The molecule has 0 aliphatic carbocycles. The Kier molecular flexibility index (Phi) is 3.07. The first-order valence-corrected chi connectivity index (χ1v) is 6.08. The van der Waals surface area contributed by atoms with Gasteiger partial charge in [0.2, 0.25) is 5.82 Å². The van der Waals surface area contributed by atoms with E-state index in [1.807, 2.05) is 30.3 Å². The molecule has 0 spiro atoms. The molecule has 0 aliphatic rings. The van der Waals surface area contributed by atoms with Crippen LogP contribution in [0.1, 0.15) is 0 Å². The summed E-state index contributed by atoms with van der Waals surface area (Å²) >= 11 is 0. The van der Waals surface area contributed by atoms with Crippen LogP contribution in [-0.4, -0.2) is 15.1 Å². The van der Waals surface area contributed by atoms with E-state index in [9.17, 15) is 10.1 Å². The lowest BCUT2D eigenvalue weighted by atomic mass is 10.1. The fraction of sp³-hybridized carbons (Fsp3) is 0. The predicted octanol–water partition coefficient (Wildman–Crippen LogP) is 2.89. The van der Waals surface area contributed by atoms with Crippen LogP contribution in [0.4, 0.5) is 11.4 Å². The van der Waals surface area contributed by atoms with Crippen LogP contribution in [0.3, 0.4) is 0 Å². The highest BCUT2D eigenvalue weighted by molar-refractivity contribution is 5.68. The Hall–Kier alpha value is -3.22. The SMILES string of the molecule is Nc1ccc(-c2nc(-c3ccccc3)no2)cc1[N+](=O)[O-]. The van der Waals surface area contributed by atoms with Gasteiger partial charge in [-0.3, -0.25) is 10.1 Å². The molecule has 0 atom stereocenters. The summed E-state index contributed by atoms with van der Waals surface area (Å²) < 4.78 is 5.16. The van der Waals surface area contributed by atoms with E-state index in [2.05, 4.69) is 10.1 Å². The second kappa shape index (κ2) is 5.04. The van der Waals surface area contributed by atoms with Crippen molar-refractivity contribution in [3.05, 3.63) is 58.6 Å². The average Bonchev–Trinajstić information content (AvgIpc) is 2.98. The van der Waals surface area contributed by atoms with Crippen LogP contribution in [0.25, 0.3) is 22.8 Å². The van der Waals surface area contributed by atoms with Crippen molar-refractivity contribution in [3.63, 3.8) is 0 Å². The van der Waals surface area contributed by atoms with Crippen molar-refractivity contribution in [2.24, 2.45) is 0 Å². The second-order valence-electron chi connectivity index (χ2n) is 4.32. The number of nitrogen functional groups attached to an aromatic ring is 1. The maximum absolute atomic E-state index is 10.9. The molecule has 3 aromatic rings. The number of hydrogen-bond donors (Lipinski definition) is 1. The number of nitro benzene ring substituents is 1. The van der Waals surface area contributed by atoms with Gasteiger partial charge in [0.25, 0.3) is 11.6 Å². The van der Waals surface area contributed by atoms with Gasteiger partial charge in [-0.15, -0.1) is 0 Å². The molecule has 0 radical (unpaired) electrons. The lowest BCUT2D eigenvalue weighted by Gasteiger charge is -1.98. The number of nitro groups is 1. The van der Waals surface area contributed by atoms with Gasteiger partial charge in [-0.2, -0.15) is 4.98 Å². The summed E-state index contributed by atoms with van der Waals surface area (Å²) in [5, 5.41) is 14.8. The Morgan fingerprint density at radius 3 is 2.57 bits per heavy atom. The third kappa shape index (κ3) is 2.44. The fourth-order valence-corrected chi connectivity index (χ4v) is 1.88. The van der Waals surface area contributed by atoms with Gasteiger partial charge in [-0.1, -0.05) is 35.5 Å². The molecule has 1 heterocycles. The topological polar surface area (TPSA) is 108 Å². The predicted molar refractivity (Wildman–Crippen MR) is 76.2 cm³/mol. The molecule has 7 nitrogen and oxygen atoms in total. The summed E-state index contributed by atoms with van der Waals surface area (Å²) in [6.45, 7) is 0. The zero-order valence-corrected chi connectivity index (χ0v) is 10.8. The van der Waals surface area contributed by atoms with Crippen LogP contribution >= 0.6 is 0 Å². The lowest BCUT2D eigenvalue weighted by Crippen LogP contribution is -1.95. The summed E-state index contributed by atoms with van der Waals surface area (Å²) in [6, 6.07) is 13.7. The van der Waals surface area contributed by atoms with Crippen LogP contribution in [0, 0.1) is 10.1 Å². The molecule has 21 heavy (non-hydrogen) atoms. The molecule has 0 amide bonds. The number of nitrogens with zero attached hydrogens (tertiary/aromatic N) is 3. The normalized spacial score (nSPS) is 10.5. The third-order valence-corrected chi connectivity index (χ3v) is 2.93. The molecule has 7 heteroatoms. The highest BCUT2D eigenvalue weighted by Gasteiger charge is 2.16. The molecule has 2 aromatic carbocycles. The van der Waals surface area contributed by atoms with Crippen LogP contribution in [0.2, 0.25) is 0 Å². The standard InChI is InChI=1S/C14H10N4O3/c15-11-7-6-10(8-12(11)18(19)20)14-16-13(17-21-14)9-4-2-1-3-5-9/h1-8H,15H2. The minimum Gasteiger partial charge on any atom is -0.393 e. The van der Waals surface area contributed by atoms with Gasteiger partial charge >= 0.3 is 0 Å². The van der Waals surface area contributed by atoms with Crippen molar-refractivity contribution >= 4 is 11.4 Å². The van der Waals surface area contributed by atoms with Gasteiger partial charge in [0, 0.05) is 17.2 Å². The minimum atomic E-state index is -0.548. The Morgan fingerprint density at radius 1 is 1.10 bits per heavy atom. The Morgan fingerprint density at radius 2 is 1.86 bits per heavy atom. The molecule has 2 N–H and O–H groups in total. The fourth-order valence-electron chi connectivity index (χ4n) is 1.88. The van der Waals surface area contributed by atoms with Gasteiger partial charge in [-0.25, -0.2) is 0 Å². The highest BCUT2D eigenvalue weighted by Crippen LogP contribution is 2.28. The molecule has 0 fully saturated rings. The summed E-state index contributed by atoms with van der Waals surface area (Å²) in [4.78, 5) is 14.6. The first kappa shape index (κ1) is 12.8. The maximum atomic E-state index is 10.9. The average molecular weight is 282 g/mol. The zero-order chi connectivity index (χ0) is 14.8. The number of nitrogens with two attached hydrogens (primary N) is 1. The molecule has 104 valence electrons. The quantitative estimate of drug-likeness (QED) is 0.449. The number of anilines is 1. The van der Waals surface area contributed by atoms with E-state index in [0.29, 0.717) is 11.4 Å². The smallest absolute Gasteiger partial charge is 0.292 e. The summed E-state index contributed by atoms with van der Waals surface area (Å²) in [5.74, 6) is 0.627. The van der Waals surface area contributed by atoms with E-state index in [0.717, 1.165) is 5.56 Å². The van der Waals surface area contributed by atoms with E-state index in [1.165, 1.54) is 12.1 Å². The number of benzene rings is 2. The number of rotatable bonds is 3. The monoisotopic (exact) mass is 282 g/mol. The lowest BCUT2D eigenvalue weighted by molar-refractivity contribution is -0.383. The molecular formula is C14H10N4O3. The number of hydrogen-bond acceptors (Lipinski definition) is 6. The number of aromatic nitrogens is 2. The third-order valence-electron chi connectivity index (χ3n) is 2.93. The minimum absolute atomic E-state index is 0.0894. The van der Waals surface area contributed by atoms with Gasteiger partial charge in [-0.05, 0) is 12.1 Å². The van der Waals surface area contributed by atoms with Crippen molar-refractivity contribution in [3.8, 4) is 22.8 Å². The molecule has 3 rings (SSSR count). The Labute approximate surface area is 119 Å². The molecular weight excluding hydrogens is 272 g/mol. The van der Waals surface area contributed by atoms with E-state index in [1.54, 1.807) is 6.07 Å². The van der Waals surface area contributed by atoms with Gasteiger partial charge in [0.05, 0.1) is 4.92 Å². The molecule has 0 saturated heterocycles. The highest BCUT2D eigenvalue weighted by atomic mass is 16.6. The van der Waals surface area contributed by atoms with Crippen LogP contribution in [0.5, 0.6) is 0 Å². The maximum Gasteiger partial charge on any atom is 0.292 e. The van der Waals surface area contributed by atoms with Gasteiger partial charge in [0.15, 0.2) is 0 Å². The van der Waals surface area contributed by atoms with Crippen molar-refractivity contribution in [2.45, 2.75) is 0 Å². The molecule has 0 saturated carbocycles. The van der Waals surface area contributed by atoms with Crippen molar-refractivity contribution in [1.29, 1.82) is 0 Å². The van der Waals surface area contributed by atoms with Crippen molar-refractivity contribution in [2.75, 3.05) is 5.73 Å². The largest absolute Gasteiger partial charge is 0.393 e. The Bertz CT molecular complexity index is 799. The molecule has 0 aliphatic heterocycles. The van der Waals surface area contributed by atoms with E-state index in [-0.39, 0.29) is 17.3 Å². The van der Waals surface area contributed by atoms with Crippen LogP contribution < -0.4 is 5.73 Å². The van der Waals surface area contributed by atoms with Crippen molar-refractivity contribution in [1.82, 2.24) is 10.1 Å². The summed E-state index contributed by atoms with van der Waals surface area (Å²) in [7, 11) is 0. The van der Waals surface area contributed by atoms with Crippen LogP contribution in [-0.2, 0) is 0 Å². The van der Waals surface area contributed by atoms with Gasteiger partial charge in [0.1, 0.15) is 5.69 Å². The van der Waals surface area contributed by atoms with Gasteiger partial charge < -0.3 is 10.3 Å². The summed E-state index contributed by atoms with van der Waals surface area (Å²) in [6.07, 6.45) is 0. The summed E-state index contributed by atoms with van der Waals surface area (Å²) in [5.41, 5.74) is 6.71. The second-order valence-corrected chi connectivity index (χ2v) is 4.32.